The Morgan fingerprint density at radius 1 is 1.38 bits per heavy atom. The summed E-state index contributed by atoms with van der Waals surface area (Å²) in [7, 11) is 0. The van der Waals surface area contributed by atoms with E-state index in [-0.39, 0.29) is 11.9 Å². The summed E-state index contributed by atoms with van der Waals surface area (Å²) in [5, 5.41) is 4.50. The van der Waals surface area contributed by atoms with Crippen molar-refractivity contribution in [1.29, 1.82) is 0 Å². The summed E-state index contributed by atoms with van der Waals surface area (Å²) in [6, 6.07) is 2.52. The van der Waals surface area contributed by atoms with Gasteiger partial charge >= 0.3 is 0 Å². The number of hydrogen-bond acceptors (Lipinski definition) is 3. The Morgan fingerprint density at radius 3 is 2.81 bits per heavy atom. The van der Waals surface area contributed by atoms with Gasteiger partial charge < -0.3 is 10.6 Å². The topological polar surface area (TPSA) is 64.2 Å². The Hall–Kier alpha value is -1.36. The van der Waals surface area contributed by atoms with Crippen LogP contribution in [0.3, 0.4) is 0 Å². The van der Waals surface area contributed by atoms with E-state index >= 15 is 0 Å². The number of nitrogens with zero attached hydrogens (tertiary/aromatic N) is 3. The fourth-order valence-electron chi connectivity index (χ4n) is 3.95. The molecule has 3 rings (SSSR count). The van der Waals surface area contributed by atoms with Crippen molar-refractivity contribution in [1.82, 2.24) is 14.7 Å². The molecule has 5 nitrogen and oxygen atoms in total. The normalized spacial score (nSPS) is 28.4. The van der Waals surface area contributed by atoms with Crippen molar-refractivity contribution in [2.75, 3.05) is 13.1 Å². The molecule has 2 heterocycles. The second-order valence-corrected chi connectivity index (χ2v) is 6.53. The lowest BCUT2D eigenvalue weighted by atomic mass is 9.98. The number of amides is 1. The maximum Gasteiger partial charge on any atom is 0.274 e. The predicted molar refractivity (Wildman–Crippen MR) is 81.9 cm³/mol. The molecule has 1 aliphatic carbocycles. The van der Waals surface area contributed by atoms with E-state index in [4.69, 9.17) is 5.73 Å². The summed E-state index contributed by atoms with van der Waals surface area (Å²) < 4.78 is 1.94. The van der Waals surface area contributed by atoms with Gasteiger partial charge in [0.15, 0.2) is 0 Å². The van der Waals surface area contributed by atoms with Gasteiger partial charge in [0.25, 0.3) is 5.91 Å². The third kappa shape index (κ3) is 2.59. The van der Waals surface area contributed by atoms with Crippen molar-refractivity contribution in [3.63, 3.8) is 0 Å². The van der Waals surface area contributed by atoms with E-state index < -0.39 is 0 Å². The van der Waals surface area contributed by atoms with Gasteiger partial charge in [-0.1, -0.05) is 13.8 Å². The number of hydrogen-bond donors (Lipinski definition) is 1. The summed E-state index contributed by atoms with van der Waals surface area (Å²) in [4.78, 5) is 14.6. The molecule has 0 spiro atoms. The minimum atomic E-state index is 0.0707. The van der Waals surface area contributed by atoms with Crippen LogP contribution in [-0.2, 0) is 0 Å². The lowest BCUT2D eigenvalue weighted by molar-refractivity contribution is 0.0772. The number of fused-ring (bicyclic) bond motifs is 1. The highest BCUT2D eigenvalue weighted by Crippen LogP contribution is 2.37. The highest BCUT2D eigenvalue weighted by atomic mass is 16.2. The first-order valence-electron chi connectivity index (χ1n) is 8.24. The maximum absolute atomic E-state index is 12.6. The Kier molecular flexibility index (Phi) is 4.02. The molecule has 2 aliphatic rings. The molecule has 5 heteroatoms. The Balaban J connectivity index is 1.69. The number of carbonyl (C=O) groups excluding carboxylic acids is 1. The van der Waals surface area contributed by atoms with Gasteiger partial charge in [-0.2, -0.15) is 5.10 Å². The van der Waals surface area contributed by atoms with Crippen LogP contribution < -0.4 is 5.73 Å². The Bertz CT molecular complexity index is 508. The number of nitrogens with two attached hydrogens (primary N) is 1. The SMILES string of the molecule is CCC(CC)n1ccc(C(=O)N2CC3CCC(N)C3C2)n1. The van der Waals surface area contributed by atoms with Gasteiger partial charge in [0.2, 0.25) is 0 Å². The van der Waals surface area contributed by atoms with Gasteiger partial charge in [-0.05, 0) is 43.6 Å². The molecule has 2 N–H and O–H groups in total. The van der Waals surface area contributed by atoms with Crippen LogP contribution in [0.4, 0.5) is 0 Å². The molecule has 1 aliphatic heterocycles. The molecule has 1 amide bonds. The average Bonchev–Trinajstić information content (AvgIpc) is 3.18. The highest BCUT2D eigenvalue weighted by molar-refractivity contribution is 5.92. The fraction of sp³-hybridized carbons (Fsp3) is 0.750. The summed E-state index contributed by atoms with van der Waals surface area (Å²) in [6.07, 6.45) is 6.29. The maximum atomic E-state index is 12.6. The number of carbonyl (C=O) groups is 1. The van der Waals surface area contributed by atoms with Crippen LogP contribution in [0.1, 0.15) is 56.1 Å². The molecule has 0 radical (unpaired) electrons. The van der Waals surface area contributed by atoms with Gasteiger partial charge in [-0.25, -0.2) is 0 Å². The summed E-state index contributed by atoms with van der Waals surface area (Å²) in [5.41, 5.74) is 6.72. The fourth-order valence-corrected chi connectivity index (χ4v) is 3.95. The highest BCUT2D eigenvalue weighted by Gasteiger charge is 2.42. The second kappa shape index (κ2) is 5.79. The van der Waals surface area contributed by atoms with Crippen LogP contribution >= 0.6 is 0 Å². The molecule has 0 aromatic carbocycles. The molecule has 1 aromatic rings. The zero-order valence-corrected chi connectivity index (χ0v) is 13.0. The van der Waals surface area contributed by atoms with Crippen molar-refractivity contribution >= 4 is 5.91 Å². The number of rotatable bonds is 4. The molecule has 2 fully saturated rings. The van der Waals surface area contributed by atoms with Gasteiger partial charge in [-0.15, -0.1) is 0 Å². The van der Waals surface area contributed by atoms with Crippen molar-refractivity contribution < 1.29 is 4.79 Å². The molecule has 3 atom stereocenters. The van der Waals surface area contributed by atoms with E-state index in [1.165, 1.54) is 0 Å². The molecular weight excluding hydrogens is 264 g/mol. The van der Waals surface area contributed by atoms with E-state index in [1.807, 2.05) is 21.8 Å². The van der Waals surface area contributed by atoms with Crippen molar-refractivity contribution in [2.24, 2.45) is 17.6 Å². The van der Waals surface area contributed by atoms with Crippen LogP contribution in [0.5, 0.6) is 0 Å². The van der Waals surface area contributed by atoms with E-state index in [2.05, 4.69) is 18.9 Å². The van der Waals surface area contributed by atoms with Gasteiger partial charge in [0, 0.05) is 25.3 Å². The van der Waals surface area contributed by atoms with Crippen molar-refractivity contribution in [2.45, 2.75) is 51.6 Å². The number of aromatic nitrogens is 2. The average molecular weight is 290 g/mol. The standard InChI is InChI=1S/C16H26N4O/c1-3-12(4-2)20-8-7-15(18-20)16(21)19-9-11-5-6-14(17)13(11)10-19/h7-8,11-14H,3-6,9-10,17H2,1-2H3. The van der Waals surface area contributed by atoms with Crippen LogP contribution in [0.25, 0.3) is 0 Å². The smallest absolute Gasteiger partial charge is 0.274 e. The Labute approximate surface area is 126 Å². The zero-order valence-electron chi connectivity index (χ0n) is 13.0. The molecule has 21 heavy (non-hydrogen) atoms. The molecular formula is C16H26N4O. The van der Waals surface area contributed by atoms with Gasteiger partial charge in [0.05, 0.1) is 6.04 Å². The number of likely N-dealkylation sites (tertiary alicyclic amines) is 1. The summed E-state index contributed by atoms with van der Waals surface area (Å²) in [6.45, 7) is 5.97. The third-order valence-electron chi connectivity index (χ3n) is 5.34. The van der Waals surface area contributed by atoms with Gasteiger partial charge in [-0.3, -0.25) is 9.48 Å². The molecule has 3 unspecified atom stereocenters. The molecule has 0 bridgehead atoms. The quantitative estimate of drug-likeness (QED) is 0.923. The van der Waals surface area contributed by atoms with Crippen LogP contribution in [0.15, 0.2) is 12.3 Å². The molecule has 116 valence electrons. The molecule has 1 aromatic heterocycles. The van der Waals surface area contributed by atoms with Crippen molar-refractivity contribution in [3.05, 3.63) is 18.0 Å². The first-order chi connectivity index (χ1) is 10.1. The largest absolute Gasteiger partial charge is 0.337 e. The summed E-state index contributed by atoms with van der Waals surface area (Å²) >= 11 is 0. The third-order valence-corrected chi connectivity index (χ3v) is 5.34. The van der Waals surface area contributed by atoms with Crippen LogP contribution in [0, 0.1) is 11.8 Å². The second-order valence-electron chi connectivity index (χ2n) is 6.53. The van der Waals surface area contributed by atoms with E-state index in [0.29, 0.717) is 23.6 Å². The summed E-state index contributed by atoms with van der Waals surface area (Å²) in [5.74, 6) is 1.17. The molecule has 1 saturated carbocycles. The first-order valence-corrected chi connectivity index (χ1v) is 8.24. The van der Waals surface area contributed by atoms with Crippen LogP contribution in [-0.4, -0.2) is 39.7 Å². The first kappa shape index (κ1) is 14.6. The minimum Gasteiger partial charge on any atom is -0.337 e. The van der Waals surface area contributed by atoms with Gasteiger partial charge in [0.1, 0.15) is 5.69 Å². The Morgan fingerprint density at radius 2 is 2.14 bits per heavy atom. The lowest BCUT2D eigenvalue weighted by Crippen LogP contribution is -2.33. The van der Waals surface area contributed by atoms with Crippen LogP contribution in [0.2, 0.25) is 0 Å². The van der Waals surface area contributed by atoms with E-state index in [0.717, 1.165) is 38.8 Å². The monoisotopic (exact) mass is 290 g/mol. The van der Waals surface area contributed by atoms with E-state index in [9.17, 15) is 4.79 Å². The minimum absolute atomic E-state index is 0.0707. The molecule has 1 saturated heterocycles. The lowest BCUT2D eigenvalue weighted by Gasteiger charge is -2.18. The zero-order chi connectivity index (χ0) is 15.0. The predicted octanol–water partition coefficient (Wildman–Crippen LogP) is 2.05. The van der Waals surface area contributed by atoms with Crippen molar-refractivity contribution in [3.8, 4) is 0 Å². The van der Waals surface area contributed by atoms with E-state index in [1.54, 1.807) is 0 Å².